The summed E-state index contributed by atoms with van der Waals surface area (Å²) in [7, 11) is 0. The first-order valence-electron chi connectivity index (χ1n) is 8.40. The van der Waals surface area contributed by atoms with Crippen LogP contribution in [0.4, 0.5) is 0 Å². The molecule has 1 amide bonds. The maximum atomic E-state index is 11.2. The third-order valence-corrected chi connectivity index (χ3v) is 6.31. The molecule has 6 nitrogen and oxygen atoms in total. The van der Waals surface area contributed by atoms with Gasteiger partial charge in [-0.2, -0.15) is 0 Å². The molecule has 0 radical (unpaired) electrons. The smallest absolute Gasteiger partial charge is 0.219 e. The van der Waals surface area contributed by atoms with Gasteiger partial charge in [0.1, 0.15) is 0 Å². The molecule has 0 fully saturated rings. The van der Waals surface area contributed by atoms with Crippen molar-refractivity contribution in [1.82, 2.24) is 14.8 Å². The fourth-order valence-electron chi connectivity index (χ4n) is 2.37. The normalized spacial score (nSPS) is 11.0. The molecule has 2 N–H and O–H groups in total. The zero-order valence-corrected chi connectivity index (χ0v) is 16.9. The number of nitrogens with two attached hydrogens (primary N) is 1. The Morgan fingerprint density at radius 1 is 1.15 bits per heavy atom. The van der Waals surface area contributed by atoms with E-state index in [-0.39, 0.29) is 12.3 Å². The Kier molecular flexibility index (Phi) is 7.25. The molecule has 0 aliphatic carbocycles. The van der Waals surface area contributed by atoms with Gasteiger partial charge in [0.15, 0.2) is 16.7 Å². The van der Waals surface area contributed by atoms with Crippen molar-refractivity contribution in [2.45, 2.75) is 29.4 Å². The molecular formula is C18H19ClN4O2S2. The van der Waals surface area contributed by atoms with Crippen molar-refractivity contribution in [3.63, 3.8) is 0 Å². The maximum Gasteiger partial charge on any atom is 0.219 e. The molecule has 0 saturated heterocycles. The van der Waals surface area contributed by atoms with Crippen LogP contribution in [-0.4, -0.2) is 32.2 Å². The molecule has 142 valence electrons. The molecule has 1 aromatic carbocycles. The number of aromatic nitrogens is 3. The van der Waals surface area contributed by atoms with E-state index in [4.69, 9.17) is 21.8 Å². The van der Waals surface area contributed by atoms with Gasteiger partial charge in [-0.15, -0.1) is 22.0 Å². The van der Waals surface area contributed by atoms with Crippen molar-refractivity contribution in [3.8, 4) is 11.6 Å². The third-order valence-electron chi connectivity index (χ3n) is 3.65. The van der Waals surface area contributed by atoms with E-state index in [0.717, 1.165) is 33.0 Å². The van der Waals surface area contributed by atoms with Crippen molar-refractivity contribution in [3.05, 3.63) is 47.7 Å². The fourth-order valence-corrected chi connectivity index (χ4v) is 4.65. The largest absolute Gasteiger partial charge is 0.461 e. The van der Waals surface area contributed by atoms with Crippen LogP contribution in [0.1, 0.15) is 12.8 Å². The number of rotatable bonds is 10. The zero-order valence-electron chi connectivity index (χ0n) is 14.5. The van der Waals surface area contributed by atoms with Crippen LogP contribution in [0.2, 0.25) is 5.02 Å². The van der Waals surface area contributed by atoms with E-state index in [2.05, 4.69) is 10.2 Å². The summed E-state index contributed by atoms with van der Waals surface area (Å²) in [6, 6.07) is 11.4. The maximum absolute atomic E-state index is 11.2. The Morgan fingerprint density at radius 2 is 1.96 bits per heavy atom. The van der Waals surface area contributed by atoms with Gasteiger partial charge in [0.05, 0.1) is 11.3 Å². The Bertz CT molecular complexity index is 883. The minimum Gasteiger partial charge on any atom is -0.461 e. The van der Waals surface area contributed by atoms with Crippen LogP contribution >= 0.6 is 35.1 Å². The molecule has 0 aliphatic rings. The predicted molar refractivity (Wildman–Crippen MR) is 109 cm³/mol. The second-order valence-electron chi connectivity index (χ2n) is 5.63. The second-order valence-corrected chi connectivity index (χ2v) is 8.24. The van der Waals surface area contributed by atoms with Gasteiger partial charge < -0.3 is 10.2 Å². The van der Waals surface area contributed by atoms with E-state index in [1.54, 1.807) is 35.9 Å². The molecule has 2 heterocycles. The number of hydrogen-bond donors (Lipinski definition) is 1. The number of carbonyl (C=O) groups excluding carboxylic acids is 1. The van der Waals surface area contributed by atoms with E-state index in [1.807, 2.05) is 34.9 Å². The van der Waals surface area contributed by atoms with Gasteiger partial charge >= 0.3 is 0 Å². The van der Waals surface area contributed by atoms with Crippen LogP contribution in [0.3, 0.4) is 0 Å². The Morgan fingerprint density at radius 3 is 2.70 bits per heavy atom. The highest BCUT2D eigenvalue weighted by atomic mass is 35.5. The average molecular weight is 423 g/mol. The first-order chi connectivity index (χ1) is 13.1. The van der Waals surface area contributed by atoms with E-state index in [9.17, 15) is 4.79 Å². The lowest BCUT2D eigenvalue weighted by atomic mass is 10.3. The van der Waals surface area contributed by atoms with Crippen LogP contribution in [0.15, 0.2) is 57.1 Å². The van der Waals surface area contributed by atoms with Gasteiger partial charge in [-0.25, -0.2) is 0 Å². The molecule has 3 aromatic rings. The van der Waals surface area contributed by atoms with Crippen LogP contribution in [0.25, 0.3) is 11.6 Å². The molecule has 27 heavy (non-hydrogen) atoms. The summed E-state index contributed by atoms with van der Waals surface area (Å²) in [6.45, 7) is 0.426. The topological polar surface area (TPSA) is 86.9 Å². The summed E-state index contributed by atoms with van der Waals surface area (Å²) in [4.78, 5) is 12.3. The molecule has 3 rings (SSSR count). The number of halogens is 1. The second kappa shape index (κ2) is 9.87. The van der Waals surface area contributed by atoms with Gasteiger partial charge in [0.25, 0.3) is 0 Å². The number of furan rings is 1. The SMILES string of the molecule is NC(=O)CCn1c(SCCCSc2ccccc2Cl)nnc1-c1ccco1. The summed E-state index contributed by atoms with van der Waals surface area (Å²) >= 11 is 9.52. The summed E-state index contributed by atoms with van der Waals surface area (Å²) in [6.07, 6.45) is 2.79. The number of thioether (sulfide) groups is 2. The van der Waals surface area contributed by atoms with Crippen molar-refractivity contribution in [1.29, 1.82) is 0 Å². The fraction of sp³-hybridized carbons (Fsp3) is 0.278. The third kappa shape index (κ3) is 5.54. The van der Waals surface area contributed by atoms with Gasteiger partial charge in [-0.3, -0.25) is 9.36 Å². The molecular weight excluding hydrogens is 404 g/mol. The van der Waals surface area contributed by atoms with Gasteiger partial charge in [-0.05, 0) is 36.4 Å². The Hall–Kier alpha value is -1.90. The van der Waals surface area contributed by atoms with E-state index >= 15 is 0 Å². The lowest BCUT2D eigenvalue weighted by molar-refractivity contribution is -0.118. The van der Waals surface area contributed by atoms with Crippen molar-refractivity contribution >= 4 is 41.0 Å². The van der Waals surface area contributed by atoms with Crippen molar-refractivity contribution < 1.29 is 9.21 Å². The lowest BCUT2D eigenvalue weighted by Gasteiger charge is -2.08. The Balaban J connectivity index is 1.57. The summed E-state index contributed by atoms with van der Waals surface area (Å²) in [5.41, 5.74) is 5.30. The molecule has 2 aromatic heterocycles. The van der Waals surface area contributed by atoms with Crippen LogP contribution in [0.5, 0.6) is 0 Å². The van der Waals surface area contributed by atoms with Gasteiger partial charge in [0.2, 0.25) is 5.91 Å². The molecule has 0 bridgehead atoms. The summed E-state index contributed by atoms with van der Waals surface area (Å²) < 4.78 is 7.30. The van der Waals surface area contributed by atoms with Gasteiger partial charge in [0, 0.05) is 23.6 Å². The molecule has 0 aliphatic heterocycles. The number of carbonyl (C=O) groups is 1. The van der Waals surface area contributed by atoms with Crippen LogP contribution in [0, 0.1) is 0 Å². The van der Waals surface area contributed by atoms with Gasteiger partial charge in [-0.1, -0.05) is 35.5 Å². The van der Waals surface area contributed by atoms with Crippen LogP contribution < -0.4 is 5.73 Å². The lowest BCUT2D eigenvalue weighted by Crippen LogP contribution is -2.15. The zero-order chi connectivity index (χ0) is 19.1. The number of benzene rings is 1. The first kappa shape index (κ1) is 19.9. The summed E-state index contributed by atoms with van der Waals surface area (Å²) in [5.74, 6) is 2.70. The van der Waals surface area contributed by atoms with E-state index in [1.165, 1.54) is 0 Å². The first-order valence-corrected chi connectivity index (χ1v) is 10.8. The molecule has 0 unspecified atom stereocenters. The highest BCUT2D eigenvalue weighted by Crippen LogP contribution is 2.29. The van der Waals surface area contributed by atoms with E-state index < -0.39 is 0 Å². The number of nitrogens with zero attached hydrogens (tertiary/aromatic N) is 3. The highest BCUT2D eigenvalue weighted by Gasteiger charge is 2.16. The number of amides is 1. The highest BCUT2D eigenvalue weighted by molar-refractivity contribution is 8.00. The van der Waals surface area contributed by atoms with Crippen molar-refractivity contribution in [2.75, 3.05) is 11.5 Å². The molecule has 9 heteroatoms. The van der Waals surface area contributed by atoms with E-state index in [0.29, 0.717) is 18.1 Å². The minimum absolute atomic E-state index is 0.224. The number of primary amides is 1. The average Bonchev–Trinajstić information content (AvgIpc) is 3.30. The van der Waals surface area contributed by atoms with Crippen LogP contribution in [-0.2, 0) is 11.3 Å². The number of hydrogen-bond acceptors (Lipinski definition) is 6. The predicted octanol–water partition coefficient (Wildman–Crippen LogP) is 4.34. The van der Waals surface area contributed by atoms with Crippen molar-refractivity contribution in [2.24, 2.45) is 5.73 Å². The Labute approximate surface area is 170 Å². The molecule has 0 atom stereocenters. The monoisotopic (exact) mass is 422 g/mol. The quantitative estimate of drug-likeness (QED) is 0.386. The molecule has 0 spiro atoms. The minimum atomic E-state index is -0.360. The standard InChI is InChI=1S/C18H19ClN4O2S2/c19-13-5-1-2-7-15(13)26-11-4-12-27-18-22-21-17(14-6-3-10-25-14)23(18)9-8-16(20)24/h1-3,5-7,10H,4,8-9,11-12H2,(H2,20,24). The summed E-state index contributed by atoms with van der Waals surface area (Å²) in [5, 5.41) is 10.0. The molecule has 0 saturated carbocycles.